The molecule has 0 saturated heterocycles. The van der Waals surface area contributed by atoms with Crippen LogP contribution in [0.15, 0.2) is 30.5 Å². The van der Waals surface area contributed by atoms with Crippen LogP contribution in [0.5, 0.6) is 0 Å². The van der Waals surface area contributed by atoms with Gasteiger partial charge in [-0.1, -0.05) is 24.3 Å². The van der Waals surface area contributed by atoms with E-state index in [-0.39, 0.29) is 11.8 Å². The molecule has 2 atom stereocenters. The highest BCUT2D eigenvalue weighted by Gasteiger charge is 2.33. The zero-order valence-corrected chi connectivity index (χ0v) is 14.7. The molecule has 0 fully saturated rings. The number of rotatable bonds is 3. The van der Waals surface area contributed by atoms with E-state index in [0.717, 1.165) is 26.2 Å². The highest BCUT2D eigenvalue weighted by Crippen LogP contribution is 2.37. The first-order valence-electron chi connectivity index (χ1n) is 8.96. The van der Waals surface area contributed by atoms with Gasteiger partial charge in [-0.25, -0.2) is 0 Å². The number of carbonyl (C=O) groups is 1. The molecule has 0 aliphatic carbocycles. The molecule has 2 aliphatic heterocycles. The van der Waals surface area contributed by atoms with Gasteiger partial charge in [0, 0.05) is 43.3 Å². The second-order valence-corrected chi connectivity index (χ2v) is 6.87. The number of fused-ring (bicyclic) bond motifs is 2. The van der Waals surface area contributed by atoms with Crippen molar-refractivity contribution >= 4 is 22.4 Å². The van der Waals surface area contributed by atoms with Gasteiger partial charge in [-0.15, -0.1) is 0 Å². The van der Waals surface area contributed by atoms with E-state index in [0.29, 0.717) is 6.04 Å². The van der Waals surface area contributed by atoms with Gasteiger partial charge in [-0.05, 0) is 31.9 Å². The Morgan fingerprint density at radius 3 is 2.88 bits per heavy atom. The number of hydrogen-bond acceptors (Lipinski definition) is 2. The molecular formula is C20H25N3O. The number of aryl methyl sites for hydroxylation is 1. The first-order valence-corrected chi connectivity index (χ1v) is 8.96. The Morgan fingerprint density at radius 2 is 2.12 bits per heavy atom. The van der Waals surface area contributed by atoms with E-state index in [1.54, 1.807) is 0 Å². The molecule has 126 valence electrons. The Hall–Kier alpha value is -2.07. The van der Waals surface area contributed by atoms with Crippen LogP contribution < -0.4 is 5.32 Å². The van der Waals surface area contributed by atoms with Crippen molar-refractivity contribution in [3.8, 4) is 0 Å². The van der Waals surface area contributed by atoms with Gasteiger partial charge in [0.25, 0.3) is 0 Å². The van der Waals surface area contributed by atoms with Crippen molar-refractivity contribution in [1.29, 1.82) is 0 Å². The number of nitrogens with zero attached hydrogens (tertiary/aromatic N) is 2. The monoisotopic (exact) mass is 323 g/mol. The molecule has 2 aromatic rings. The summed E-state index contributed by atoms with van der Waals surface area (Å²) in [5, 5.41) is 4.93. The minimum Gasteiger partial charge on any atom is -0.345 e. The highest BCUT2D eigenvalue weighted by atomic mass is 16.2. The Labute approximate surface area is 143 Å². The van der Waals surface area contributed by atoms with E-state index >= 15 is 0 Å². The fourth-order valence-corrected chi connectivity index (χ4v) is 4.25. The third-order valence-corrected chi connectivity index (χ3v) is 5.52. The van der Waals surface area contributed by atoms with Gasteiger partial charge in [0.1, 0.15) is 0 Å². The molecule has 1 unspecified atom stereocenters. The van der Waals surface area contributed by atoms with Gasteiger partial charge in [0.2, 0.25) is 5.91 Å². The summed E-state index contributed by atoms with van der Waals surface area (Å²) < 4.78 is 2.36. The number of benzene rings is 1. The summed E-state index contributed by atoms with van der Waals surface area (Å²) in [6, 6.07) is 6.83. The third kappa shape index (κ3) is 2.20. The van der Waals surface area contributed by atoms with Crippen molar-refractivity contribution in [3.05, 3.63) is 41.6 Å². The van der Waals surface area contributed by atoms with E-state index in [4.69, 9.17) is 0 Å². The number of amides is 1. The fraction of sp³-hybridized carbons (Fsp3) is 0.450. The van der Waals surface area contributed by atoms with E-state index in [9.17, 15) is 4.79 Å². The highest BCUT2D eigenvalue weighted by molar-refractivity contribution is 5.97. The summed E-state index contributed by atoms with van der Waals surface area (Å²) in [5.74, 6) is 0.178. The Kier molecular flexibility index (Phi) is 3.72. The first kappa shape index (κ1) is 15.5. The largest absolute Gasteiger partial charge is 0.345 e. The molecule has 0 saturated carbocycles. The van der Waals surface area contributed by atoms with Crippen LogP contribution in [-0.4, -0.2) is 41.1 Å². The molecule has 1 aromatic heterocycles. The molecule has 0 bridgehead atoms. The summed E-state index contributed by atoms with van der Waals surface area (Å²) in [7, 11) is 0. The number of nitrogens with one attached hydrogen (secondary N) is 1. The van der Waals surface area contributed by atoms with E-state index in [1.165, 1.54) is 27.6 Å². The van der Waals surface area contributed by atoms with Crippen LogP contribution in [0.1, 0.15) is 25.0 Å². The second-order valence-electron chi connectivity index (χ2n) is 6.87. The quantitative estimate of drug-likeness (QED) is 0.943. The Morgan fingerprint density at radius 1 is 1.33 bits per heavy atom. The lowest BCUT2D eigenvalue weighted by molar-refractivity contribution is -0.133. The molecule has 4 rings (SSSR count). The number of aromatic nitrogens is 1. The zero-order valence-electron chi connectivity index (χ0n) is 14.7. The molecule has 0 radical (unpaired) electrons. The van der Waals surface area contributed by atoms with Crippen LogP contribution >= 0.6 is 0 Å². The van der Waals surface area contributed by atoms with Gasteiger partial charge in [-0.3, -0.25) is 4.79 Å². The van der Waals surface area contributed by atoms with Crippen LogP contribution in [0.4, 0.5) is 0 Å². The predicted molar refractivity (Wildman–Crippen MR) is 97.9 cm³/mol. The minimum atomic E-state index is -0.0611. The predicted octanol–water partition coefficient (Wildman–Crippen LogP) is 2.80. The van der Waals surface area contributed by atoms with Crippen LogP contribution in [0, 0.1) is 12.8 Å². The number of para-hydroxylation sites is 1. The molecule has 4 heteroatoms. The topological polar surface area (TPSA) is 37.3 Å². The number of carbonyl (C=O) groups excluding carboxylic acids is 1. The second kappa shape index (κ2) is 5.78. The van der Waals surface area contributed by atoms with Crippen molar-refractivity contribution in [3.63, 3.8) is 0 Å². The molecule has 1 N–H and O–H groups in total. The summed E-state index contributed by atoms with van der Waals surface area (Å²) in [6.07, 6.45) is 4.47. The van der Waals surface area contributed by atoms with Gasteiger partial charge in [0.15, 0.2) is 0 Å². The van der Waals surface area contributed by atoms with Gasteiger partial charge < -0.3 is 14.8 Å². The minimum absolute atomic E-state index is 0.0611. The molecule has 1 aromatic carbocycles. The maximum Gasteiger partial charge on any atom is 0.230 e. The zero-order chi connectivity index (χ0) is 16.8. The molecule has 1 amide bonds. The SMILES string of the molecule is CCN(CC)C(=O)[C@@H]1C=C2c3cccc4c(C)cn(c34)CC2NC1. The Bertz CT molecular complexity index is 829. The van der Waals surface area contributed by atoms with Gasteiger partial charge in [0.05, 0.1) is 17.5 Å². The van der Waals surface area contributed by atoms with Crippen LogP contribution in [-0.2, 0) is 11.3 Å². The lowest BCUT2D eigenvalue weighted by Crippen LogP contribution is -2.47. The van der Waals surface area contributed by atoms with E-state index in [1.807, 2.05) is 18.7 Å². The molecule has 4 nitrogen and oxygen atoms in total. The van der Waals surface area contributed by atoms with Crippen molar-refractivity contribution in [1.82, 2.24) is 14.8 Å². The summed E-state index contributed by atoms with van der Waals surface area (Å²) in [5.41, 5.74) is 5.21. The standard InChI is InChI=1S/C20H25N3O/c1-4-22(5-2)20(24)14-9-17-16-8-6-7-15-13(3)11-23(19(15)16)12-18(17)21-10-14/h6-9,11,14,18,21H,4-5,10,12H2,1-3H3/t14-,18?/m1/s1. The fourth-order valence-electron chi connectivity index (χ4n) is 4.25. The van der Waals surface area contributed by atoms with Crippen molar-refractivity contribution in [2.24, 2.45) is 5.92 Å². The lowest BCUT2D eigenvalue weighted by Gasteiger charge is -2.35. The average Bonchev–Trinajstić information content (AvgIpc) is 2.93. The summed E-state index contributed by atoms with van der Waals surface area (Å²) in [4.78, 5) is 14.7. The molecule has 3 heterocycles. The maximum atomic E-state index is 12.8. The average molecular weight is 323 g/mol. The summed E-state index contributed by atoms with van der Waals surface area (Å²) in [6.45, 7) is 9.49. The Balaban J connectivity index is 1.79. The van der Waals surface area contributed by atoms with E-state index in [2.05, 4.69) is 47.3 Å². The lowest BCUT2D eigenvalue weighted by atomic mass is 9.86. The van der Waals surface area contributed by atoms with Crippen molar-refractivity contribution in [2.45, 2.75) is 33.4 Å². The van der Waals surface area contributed by atoms with Crippen LogP contribution in [0.25, 0.3) is 16.5 Å². The van der Waals surface area contributed by atoms with Gasteiger partial charge in [-0.2, -0.15) is 0 Å². The first-order chi connectivity index (χ1) is 11.6. The molecule has 2 aliphatic rings. The summed E-state index contributed by atoms with van der Waals surface area (Å²) >= 11 is 0. The normalized spacial score (nSPS) is 22.2. The number of hydrogen-bond donors (Lipinski definition) is 1. The van der Waals surface area contributed by atoms with Crippen LogP contribution in [0.3, 0.4) is 0 Å². The van der Waals surface area contributed by atoms with Crippen molar-refractivity contribution < 1.29 is 4.79 Å². The molecule has 0 spiro atoms. The third-order valence-electron chi connectivity index (χ3n) is 5.52. The van der Waals surface area contributed by atoms with Crippen LogP contribution in [0.2, 0.25) is 0 Å². The molecular weight excluding hydrogens is 298 g/mol. The smallest absolute Gasteiger partial charge is 0.230 e. The van der Waals surface area contributed by atoms with E-state index < -0.39 is 0 Å². The van der Waals surface area contributed by atoms with Gasteiger partial charge >= 0.3 is 0 Å². The van der Waals surface area contributed by atoms with Crippen molar-refractivity contribution in [2.75, 3.05) is 19.6 Å². The maximum absolute atomic E-state index is 12.8. The molecule has 24 heavy (non-hydrogen) atoms.